The van der Waals surface area contributed by atoms with Gasteiger partial charge in [0.05, 0.1) is 0 Å². The van der Waals surface area contributed by atoms with Gasteiger partial charge in [-0.15, -0.1) is 0 Å². The lowest BCUT2D eigenvalue weighted by Crippen LogP contribution is -2.10. The Morgan fingerprint density at radius 2 is 2.11 bits per heavy atom. The van der Waals surface area contributed by atoms with Crippen molar-refractivity contribution in [1.29, 1.82) is 0 Å². The van der Waals surface area contributed by atoms with Gasteiger partial charge in [-0.05, 0) is 49.8 Å². The summed E-state index contributed by atoms with van der Waals surface area (Å²) in [5.74, 6) is 0.723. The third-order valence-electron chi connectivity index (χ3n) is 3.55. The van der Waals surface area contributed by atoms with Gasteiger partial charge in [-0.3, -0.25) is 9.78 Å². The zero-order chi connectivity index (χ0) is 12.6. The number of aromatic nitrogens is 1. The van der Waals surface area contributed by atoms with Gasteiger partial charge in [0, 0.05) is 37.9 Å². The van der Waals surface area contributed by atoms with Crippen LogP contribution in [0.15, 0.2) is 24.5 Å². The molecule has 98 valence electrons. The Kier molecular flexibility index (Phi) is 5.34. The molecule has 2 rings (SSSR count). The monoisotopic (exact) mass is 247 g/mol. The lowest BCUT2D eigenvalue weighted by molar-refractivity contribution is -0.121. The van der Waals surface area contributed by atoms with Gasteiger partial charge in [0.1, 0.15) is 5.78 Å². The maximum absolute atomic E-state index is 11.4. The first-order chi connectivity index (χ1) is 8.86. The van der Waals surface area contributed by atoms with Gasteiger partial charge in [-0.25, -0.2) is 0 Å². The summed E-state index contributed by atoms with van der Waals surface area (Å²) in [4.78, 5) is 15.4. The highest BCUT2D eigenvalue weighted by Gasteiger charge is 2.23. The van der Waals surface area contributed by atoms with Gasteiger partial charge < -0.3 is 4.74 Å². The van der Waals surface area contributed by atoms with E-state index in [1.807, 2.05) is 24.5 Å². The molecule has 0 aliphatic heterocycles. The van der Waals surface area contributed by atoms with Crippen LogP contribution in [0.25, 0.3) is 0 Å². The van der Waals surface area contributed by atoms with Gasteiger partial charge in [-0.1, -0.05) is 0 Å². The van der Waals surface area contributed by atoms with E-state index < -0.39 is 0 Å². The molecule has 1 aliphatic rings. The second-order valence-corrected chi connectivity index (χ2v) is 4.92. The normalized spacial score (nSPS) is 19.3. The molecule has 1 unspecified atom stereocenters. The van der Waals surface area contributed by atoms with Crippen molar-refractivity contribution in [2.45, 2.75) is 38.5 Å². The Bertz CT molecular complexity index is 364. The summed E-state index contributed by atoms with van der Waals surface area (Å²) in [5.41, 5.74) is 1.31. The van der Waals surface area contributed by atoms with Crippen molar-refractivity contribution in [2.75, 3.05) is 13.2 Å². The molecule has 0 spiro atoms. The van der Waals surface area contributed by atoms with E-state index in [-0.39, 0.29) is 5.92 Å². The zero-order valence-electron chi connectivity index (χ0n) is 10.8. The first-order valence-corrected chi connectivity index (χ1v) is 6.85. The molecule has 1 saturated carbocycles. The lowest BCUT2D eigenvalue weighted by atomic mass is 10.0. The molecule has 0 bridgehead atoms. The van der Waals surface area contributed by atoms with Crippen molar-refractivity contribution in [3.8, 4) is 0 Å². The molecule has 1 aromatic heterocycles. The van der Waals surface area contributed by atoms with E-state index >= 15 is 0 Å². The van der Waals surface area contributed by atoms with Crippen molar-refractivity contribution in [3.63, 3.8) is 0 Å². The van der Waals surface area contributed by atoms with Gasteiger partial charge in [0.15, 0.2) is 0 Å². The Balaban J connectivity index is 1.50. The predicted octanol–water partition coefficient (Wildman–Crippen LogP) is 2.79. The molecule has 1 aliphatic carbocycles. The maximum atomic E-state index is 11.4. The fourth-order valence-corrected chi connectivity index (χ4v) is 2.45. The molecule has 0 saturated heterocycles. The van der Waals surface area contributed by atoms with Gasteiger partial charge >= 0.3 is 0 Å². The number of carbonyl (C=O) groups excluding carboxylic acids is 1. The van der Waals surface area contributed by atoms with E-state index in [0.29, 0.717) is 5.78 Å². The van der Waals surface area contributed by atoms with E-state index in [2.05, 4.69) is 4.98 Å². The second-order valence-electron chi connectivity index (χ2n) is 4.92. The summed E-state index contributed by atoms with van der Waals surface area (Å²) in [6.45, 7) is 1.51. The number of hydrogen-bond acceptors (Lipinski definition) is 3. The Hall–Kier alpha value is -1.22. The molecular formula is C15H21NO2. The van der Waals surface area contributed by atoms with Crippen LogP contribution in [-0.2, 0) is 16.0 Å². The standard InChI is InChI=1S/C15H21NO2/c17-15-5-1-4-14(15)8-12-18-11-2-3-13-6-9-16-10-7-13/h6-7,9-10,14H,1-5,8,11-12H2. The lowest BCUT2D eigenvalue weighted by Gasteiger charge is -2.08. The summed E-state index contributed by atoms with van der Waals surface area (Å²) in [5, 5.41) is 0. The molecule has 3 nitrogen and oxygen atoms in total. The first kappa shape index (κ1) is 13.2. The molecule has 3 heteroatoms. The number of rotatable bonds is 7. The molecular weight excluding hydrogens is 226 g/mol. The molecule has 0 radical (unpaired) electrons. The fourth-order valence-electron chi connectivity index (χ4n) is 2.45. The largest absolute Gasteiger partial charge is 0.381 e. The van der Waals surface area contributed by atoms with Crippen LogP contribution >= 0.6 is 0 Å². The van der Waals surface area contributed by atoms with Crippen molar-refractivity contribution in [1.82, 2.24) is 4.98 Å². The molecule has 0 N–H and O–H groups in total. The van der Waals surface area contributed by atoms with Crippen molar-refractivity contribution in [2.24, 2.45) is 5.92 Å². The summed E-state index contributed by atoms with van der Waals surface area (Å²) in [6.07, 6.45) is 9.54. The Morgan fingerprint density at radius 3 is 2.83 bits per heavy atom. The van der Waals surface area contributed by atoms with Gasteiger partial charge in [-0.2, -0.15) is 0 Å². The average Bonchev–Trinajstić information content (AvgIpc) is 2.81. The summed E-state index contributed by atoms with van der Waals surface area (Å²) >= 11 is 0. The minimum absolute atomic E-state index is 0.283. The van der Waals surface area contributed by atoms with E-state index in [9.17, 15) is 4.79 Å². The molecule has 0 aromatic carbocycles. The van der Waals surface area contributed by atoms with Crippen molar-refractivity contribution < 1.29 is 9.53 Å². The molecule has 1 aromatic rings. The fraction of sp³-hybridized carbons (Fsp3) is 0.600. The van der Waals surface area contributed by atoms with Gasteiger partial charge in [0.25, 0.3) is 0 Å². The Morgan fingerprint density at radius 1 is 1.28 bits per heavy atom. The van der Waals surface area contributed by atoms with Crippen molar-refractivity contribution >= 4 is 5.78 Å². The number of Topliss-reactive ketones (excluding diaryl/α,β-unsaturated/α-hetero) is 1. The number of pyridine rings is 1. The van der Waals surface area contributed by atoms with Gasteiger partial charge in [0.2, 0.25) is 0 Å². The highest BCUT2D eigenvalue weighted by atomic mass is 16.5. The van der Waals surface area contributed by atoms with Crippen molar-refractivity contribution in [3.05, 3.63) is 30.1 Å². The van der Waals surface area contributed by atoms with Crippen LogP contribution < -0.4 is 0 Å². The number of carbonyl (C=O) groups is 1. The van der Waals surface area contributed by atoms with E-state index in [4.69, 9.17) is 4.74 Å². The third-order valence-corrected chi connectivity index (χ3v) is 3.55. The molecule has 1 heterocycles. The average molecular weight is 247 g/mol. The minimum Gasteiger partial charge on any atom is -0.381 e. The van der Waals surface area contributed by atoms with Crippen LogP contribution in [0.4, 0.5) is 0 Å². The number of hydrogen-bond donors (Lipinski definition) is 0. The highest BCUT2D eigenvalue weighted by Crippen LogP contribution is 2.24. The van der Waals surface area contributed by atoms with Crippen LogP contribution in [0.2, 0.25) is 0 Å². The maximum Gasteiger partial charge on any atom is 0.136 e. The molecule has 18 heavy (non-hydrogen) atoms. The summed E-state index contributed by atoms with van der Waals surface area (Å²) in [6, 6.07) is 4.08. The quantitative estimate of drug-likeness (QED) is 0.695. The third kappa shape index (κ3) is 4.22. The Labute approximate surface area is 109 Å². The van der Waals surface area contributed by atoms with Crippen LogP contribution in [0.3, 0.4) is 0 Å². The van der Waals surface area contributed by atoms with Crippen LogP contribution in [0.5, 0.6) is 0 Å². The predicted molar refractivity (Wildman–Crippen MR) is 70.3 cm³/mol. The number of ketones is 1. The van der Waals surface area contributed by atoms with E-state index in [1.165, 1.54) is 5.56 Å². The zero-order valence-corrected chi connectivity index (χ0v) is 10.8. The van der Waals surface area contributed by atoms with E-state index in [0.717, 1.165) is 51.7 Å². The number of aryl methyl sites for hydroxylation is 1. The highest BCUT2D eigenvalue weighted by molar-refractivity contribution is 5.82. The summed E-state index contributed by atoms with van der Waals surface area (Å²) in [7, 11) is 0. The SMILES string of the molecule is O=C1CCCC1CCOCCCc1ccncc1. The topological polar surface area (TPSA) is 39.2 Å². The second kappa shape index (κ2) is 7.27. The van der Waals surface area contributed by atoms with Crippen LogP contribution in [0.1, 0.15) is 37.7 Å². The number of nitrogens with zero attached hydrogens (tertiary/aromatic N) is 1. The van der Waals surface area contributed by atoms with Crippen LogP contribution in [0, 0.1) is 5.92 Å². The molecule has 1 atom stereocenters. The first-order valence-electron chi connectivity index (χ1n) is 6.85. The smallest absolute Gasteiger partial charge is 0.136 e. The number of ether oxygens (including phenoxy) is 1. The van der Waals surface area contributed by atoms with Crippen LogP contribution in [-0.4, -0.2) is 24.0 Å². The molecule has 0 amide bonds. The van der Waals surface area contributed by atoms with E-state index in [1.54, 1.807) is 0 Å². The summed E-state index contributed by atoms with van der Waals surface area (Å²) < 4.78 is 5.60. The minimum atomic E-state index is 0.283. The molecule has 1 fully saturated rings.